The molecule has 1 aromatic heterocycles. The summed E-state index contributed by atoms with van der Waals surface area (Å²) in [6.07, 6.45) is 6.32. The summed E-state index contributed by atoms with van der Waals surface area (Å²) >= 11 is 8.39. The number of carbonyl (C=O) groups excluding carboxylic acids is 1. The number of thiazole rings is 1. The molecule has 5 heteroatoms. The predicted molar refractivity (Wildman–Crippen MR) is 93.9 cm³/mol. The molecule has 4 bridgehead atoms. The molecular formula is C18H19ClN2OS. The largest absolute Gasteiger partial charge is 0.301 e. The maximum Gasteiger partial charge on any atom is 0.232 e. The van der Waals surface area contributed by atoms with Crippen LogP contribution >= 0.6 is 22.9 Å². The topological polar surface area (TPSA) is 42.0 Å². The van der Waals surface area contributed by atoms with Crippen molar-refractivity contribution in [3.63, 3.8) is 0 Å². The zero-order valence-corrected chi connectivity index (χ0v) is 14.4. The SMILES string of the molecule is O=C(Nc1nc2ccccc2s1)C12C[C@@H]3C[C@@H](CC(Cl)(C3)C1)C2. The fraction of sp³-hybridized carbons (Fsp3) is 0.556. The number of carbonyl (C=O) groups is 1. The molecule has 0 spiro atoms. The smallest absolute Gasteiger partial charge is 0.232 e. The van der Waals surface area contributed by atoms with Crippen molar-refractivity contribution in [3.8, 4) is 0 Å². The van der Waals surface area contributed by atoms with Crippen LogP contribution in [0.15, 0.2) is 24.3 Å². The number of benzene rings is 1. The van der Waals surface area contributed by atoms with Crippen LogP contribution in [0.25, 0.3) is 10.2 Å². The number of hydrogen-bond donors (Lipinski definition) is 1. The highest BCUT2D eigenvalue weighted by molar-refractivity contribution is 7.22. The minimum absolute atomic E-state index is 0.130. The van der Waals surface area contributed by atoms with Crippen LogP contribution in [0, 0.1) is 17.3 Å². The second-order valence-corrected chi connectivity index (χ2v) is 9.67. The Bertz CT molecular complexity index is 754. The Morgan fingerprint density at radius 1 is 1.22 bits per heavy atom. The maximum atomic E-state index is 13.1. The van der Waals surface area contributed by atoms with Gasteiger partial charge in [-0.3, -0.25) is 4.79 Å². The normalized spacial score (nSPS) is 38.1. The number of fused-ring (bicyclic) bond motifs is 1. The monoisotopic (exact) mass is 346 g/mol. The van der Waals surface area contributed by atoms with Gasteiger partial charge in [0.15, 0.2) is 5.13 Å². The first-order chi connectivity index (χ1) is 11.0. The number of halogens is 1. The third-order valence-corrected chi connectivity index (χ3v) is 7.38. The molecule has 0 radical (unpaired) electrons. The lowest BCUT2D eigenvalue weighted by molar-refractivity contribution is -0.138. The molecule has 1 heterocycles. The van der Waals surface area contributed by atoms with Crippen LogP contribution in [0.1, 0.15) is 38.5 Å². The van der Waals surface area contributed by atoms with Crippen molar-refractivity contribution in [3.05, 3.63) is 24.3 Å². The molecule has 1 aromatic carbocycles. The van der Waals surface area contributed by atoms with Crippen LogP contribution in [0.2, 0.25) is 0 Å². The van der Waals surface area contributed by atoms with Crippen molar-refractivity contribution in [1.29, 1.82) is 0 Å². The van der Waals surface area contributed by atoms with Gasteiger partial charge < -0.3 is 5.32 Å². The van der Waals surface area contributed by atoms with Crippen molar-refractivity contribution in [2.24, 2.45) is 17.3 Å². The average Bonchev–Trinajstić information content (AvgIpc) is 2.86. The second-order valence-electron chi connectivity index (χ2n) is 7.83. The van der Waals surface area contributed by atoms with E-state index in [0.29, 0.717) is 11.8 Å². The molecule has 2 aromatic rings. The van der Waals surface area contributed by atoms with E-state index >= 15 is 0 Å². The fourth-order valence-corrected chi connectivity index (χ4v) is 7.12. The van der Waals surface area contributed by atoms with Crippen LogP contribution in [0.4, 0.5) is 5.13 Å². The lowest BCUT2D eigenvalue weighted by Crippen LogP contribution is -2.57. The lowest BCUT2D eigenvalue weighted by atomic mass is 9.49. The lowest BCUT2D eigenvalue weighted by Gasteiger charge is -2.59. The molecule has 4 atom stereocenters. The number of hydrogen-bond acceptors (Lipinski definition) is 3. The third-order valence-electron chi connectivity index (χ3n) is 5.99. The molecule has 3 nitrogen and oxygen atoms in total. The summed E-state index contributed by atoms with van der Waals surface area (Å²) in [7, 11) is 0. The van der Waals surface area contributed by atoms with E-state index in [1.165, 1.54) is 6.42 Å². The third kappa shape index (κ3) is 2.22. The van der Waals surface area contributed by atoms with Crippen LogP contribution in [-0.2, 0) is 4.79 Å². The number of nitrogens with one attached hydrogen (secondary N) is 1. The molecule has 0 saturated heterocycles. The number of anilines is 1. The zero-order valence-electron chi connectivity index (χ0n) is 12.8. The first kappa shape index (κ1) is 14.2. The van der Waals surface area contributed by atoms with Crippen molar-refractivity contribution in [2.75, 3.05) is 5.32 Å². The van der Waals surface area contributed by atoms with Crippen molar-refractivity contribution in [1.82, 2.24) is 4.98 Å². The van der Waals surface area contributed by atoms with Crippen molar-refractivity contribution < 1.29 is 4.79 Å². The predicted octanol–water partition coefficient (Wildman–Crippen LogP) is 4.81. The average molecular weight is 347 g/mol. The first-order valence-electron chi connectivity index (χ1n) is 8.40. The van der Waals surface area contributed by atoms with Crippen molar-refractivity contribution >= 4 is 44.2 Å². The van der Waals surface area contributed by atoms with Gasteiger partial charge in [-0.25, -0.2) is 4.98 Å². The summed E-state index contributed by atoms with van der Waals surface area (Å²) in [5.41, 5.74) is 0.691. The molecular weight excluding hydrogens is 328 g/mol. The zero-order chi connectivity index (χ0) is 15.7. The second kappa shape index (κ2) is 4.70. The molecule has 4 aliphatic rings. The van der Waals surface area contributed by atoms with Crippen LogP contribution in [-0.4, -0.2) is 15.8 Å². The highest BCUT2D eigenvalue weighted by Crippen LogP contribution is 2.64. The van der Waals surface area contributed by atoms with E-state index in [4.69, 9.17) is 11.6 Å². The van der Waals surface area contributed by atoms with Gasteiger partial charge in [0.1, 0.15) is 0 Å². The quantitative estimate of drug-likeness (QED) is 0.792. The number of alkyl halides is 1. The summed E-state index contributed by atoms with van der Waals surface area (Å²) in [5.74, 6) is 1.42. The Balaban J connectivity index is 1.44. The van der Waals surface area contributed by atoms with Gasteiger partial charge in [-0.05, 0) is 62.5 Å². The molecule has 6 rings (SSSR count). The van der Waals surface area contributed by atoms with Crippen LogP contribution < -0.4 is 5.32 Å². The Kier molecular flexibility index (Phi) is 2.91. The molecule has 0 aliphatic heterocycles. The maximum absolute atomic E-state index is 13.1. The van der Waals surface area contributed by atoms with E-state index in [1.807, 2.05) is 24.3 Å². The summed E-state index contributed by atoms with van der Waals surface area (Å²) in [5, 5.41) is 3.83. The van der Waals surface area contributed by atoms with E-state index in [-0.39, 0.29) is 16.2 Å². The van der Waals surface area contributed by atoms with E-state index < -0.39 is 0 Å². The van der Waals surface area contributed by atoms with Gasteiger partial charge in [-0.2, -0.15) is 0 Å². The number of aromatic nitrogens is 1. The highest BCUT2D eigenvalue weighted by atomic mass is 35.5. The van der Waals surface area contributed by atoms with Crippen LogP contribution in [0.5, 0.6) is 0 Å². The Labute approximate surface area is 144 Å². The molecule has 1 N–H and O–H groups in total. The minimum Gasteiger partial charge on any atom is -0.301 e. The molecule has 4 saturated carbocycles. The van der Waals surface area contributed by atoms with E-state index in [9.17, 15) is 4.79 Å². The Morgan fingerprint density at radius 2 is 1.96 bits per heavy atom. The van der Waals surface area contributed by atoms with Gasteiger partial charge in [0, 0.05) is 4.87 Å². The van der Waals surface area contributed by atoms with Gasteiger partial charge >= 0.3 is 0 Å². The van der Waals surface area contributed by atoms with E-state index in [1.54, 1.807) is 11.3 Å². The molecule has 23 heavy (non-hydrogen) atoms. The minimum atomic E-state index is -0.260. The van der Waals surface area contributed by atoms with E-state index in [0.717, 1.165) is 47.5 Å². The fourth-order valence-electron chi connectivity index (χ4n) is 5.57. The number of amides is 1. The van der Waals surface area contributed by atoms with Crippen molar-refractivity contribution in [2.45, 2.75) is 43.4 Å². The van der Waals surface area contributed by atoms with Crippen LogP contribution in [0.3, 0.4) is 0 Å². The standard InChI is InChI=1S/C18H19ClN2OS/c19-18-8-11-5-12(9-18)7-17(6-11,10-18)15(22)21-16-20-13-3-1-2-4-14(13)23-16/h1-4,11-12H,5-10H2,(H,20,21,22)/t11-,12+,17?,18?. The van der Waals surface area contributed by atoms with E-state index in [2.05, 4.69) is 10.3 Å². The number of nitrogens with zero attached hydrogens (tertiary/aromatic N) is 1. The molecule has 4 fully saturated rings. The van der Waals surface area contributed by atoms with Gasteiger partial charge in [0.25, 0.3) is 0 Å². The Hall–Kier alpha value is -1.13. The molecule has 120 valence electrons. The van der Waals surface area contributed by atoms with Gasteiger partial charge in [-0.1, -0.05) is 23.5 Å². The molecule has 2 unspecified atom stereocenters. The number of para-hydroxylation sites is 1. The summed E-state index contributed by atoms with van der Waals surface area (Å²) in [4.78, 5) is 17.5. The van der Waals surface area contributed by atoms with Gasteiger partial charge in [-0.15, -0.1) is 11.6 Å². The Morgan fingerprint density at radius 3 is 2.65 bits per heavy atom. The molecule has 4 aliphatic carbocycles. The highest BCUT2D eigenvalue weighted by Gasteiger charge is 2.60. The summed E-state index contributed by atoms with van der Waals surface area (Å²) in [6.45, 7) is 0. The summed E-state index contributed by atoms with van der Waals surface area (Å²) in [6, 6.07) is 8.01. The first-order valence-corrected chi connectivity index (χ1v) is 9.59. The number of rotatable bonds is 2. The van der Waals surface area contributed by atoms with Gasteiger partial charge in [0.05, 0.1) is 15.6 Å². The van der Waals surface area contributed by atoms with Gasteiger partial charge in [0.2, 0.25) is 5.91 Å². The molecule has 1 amide bonds. The summed E-state index contributed by atoms with van der Waals surface area (Å²) < 4.78 is 1.11.